The highest BCUT2D eigenvalue weighted by Gasteiger charge is 2.13. The lowest BCUT2D eigenvalue weighted by Crippen LogP contribution is -2.11. The largest absolute Gasteiger partial charge is 0.298 e. The van der Waals surface area contributed by atoms with Crippen molar-refractivity contribution in [1.29, 1.82) is 0 Å². The minimum absolute atomic E-state index is 0.144. The van der Waals surface area contributed by atoms with Crippen LogP contribution >= 0.6 is 11.3 Å². The Kier molecular flexibility index (Phi) is 4.76. The van der Waals surface area contributed by atoms with E-state index in [2.05, 4.69) is 35.3 Å². The maximum Gasteiger partial charge on any atom is 0.257 e. The summed E-state index contributed by atoms with van der Waals surface area (Å²) in [4.78, 5) is 17.6. The SMILES string of the molecule is CCc1cc(-c2cnc(NC(=O)c3ccc(C)cc3)s2)n(CC)n1. The molecular weight excluding hydrogens is 320 g/mol. The summed E-state index contributed by atoms with van der Waals surface area (Å²) in [7, 11) is 0. The molecule has 0 spiro atoms. The van der Waals surface area contributed by atoms with E-state index < -0.39 is 0 Å². The van der Waals surface area contributed by atoms with E-state index in [0.29, 0.717) is 10.7 Å². The summed E-state index contributed by atoms with van der Waals surface area (Å²) in [6.45, 7) is 6.96. The minimum atomic E-state index is -0.144. The highest BCUT2D eigenvalue weighted by molar-refractivity contribution is 7.19. The molecule has 1 aromatic carbocycles. The Balaban J connectivity index is 1.79. The number of carbonyl (C=O) groups is 1. The molecule has 0 saturated carbocycles. The first-order chi connectivity index (χ1) is 11.6. The molecule has 124 valence electrons. The van der Waals surface area contributed by atoms with E-state index in [1.807, 2.05) is 35.9 Å². The Morgan fingerprint density at radius 2 is 2.00 bits per heavy atom. The lowest BCUT2D eigenvalue weighted by atomic mass is 10.1. The van der Waals surface area contributed by atoms with Crippen LogP contribution in [0.5, 0.6) is 0 Å². The monoisotopic (exact) mass is 340 g/mol. The number of carbonyl (C=O) groups excluding carboxylic acids is 1. The molecule has 0 atom stereocenters. The smallest absolute Gasteiger partial charge is 0.257 e. The molecule has 0 aliphatic heterocycles. The quantitative estimate of drug-likeness (QED) is 0.759. The van der Waals surface area contributed by atoms with Crippen LogP contribution in [-0.4, -0.2) is 20.7 Å². The third-order valence-corrected chi connectivity index (χ3v) is 4.72. The summed E-state index contributed by atoms with van der Waals surface area (Å²) >= 11 is 1.46. The van der Waals surface area contributed by atoms with Crippen LogP contribution in [0.15, 0.2) is 36.5 Å². The standard InChI is InChI=1S/C18H20N4OS/c1-4-14-10-15(22(5-2)21-14)16-11-19-18(24-16)20-17(23)13-8-6-12(3)7-9-13/h6-11H,4-5H2,1-3H3,(H,19,20,23). The topological polar surface area (TPSA) is 59.8 Å². The highest BCUT2D eigenvalue weighted by atomic mass is 32.1. The van der Waals surface area contributed by atoms with Gasteiger partial charge in [0.1, 0.15) is 0 Å². The number of aromatic nitrogens is 3. The van der Waals surface area contributed by atoms with Crippen molar-refractivity contribution in [2.45, 2.75) is 33.7 Å². The van der Waals surface area contributed by atoms with Crippen molar-refractivity contribution in [3.63, 3.8) is 0 Å². The van der Waals surface area contributed by atoms with Crippen LogP contribution in [0, 0.1) is 6.92 Å². The fourth-order valence-electron chi connectivity index (χ4n) is 2.41. The van der Waals surface area contributed by atoms with Crippen molar-refractivity contribution in [2.75, 3.05) is 5.32 Å². The fraction of sp³-hybridized carbons (Fsp3) is 0.278. The van der Waals surface area contributed by atoms with Gasteiger partial charge in [-0.1, -0.05) is 36.0 Å². The van der Waals surface area contributed by atoms with Crippen LogP contribution < -0.4 is 5.32 Å². The molecule has 2 aromatic heterocycles. The number of thiazole rings is 1. The van der Waals surface area contributed by atoms with Gasteiger partial charge in [-0.3, -0.25) is 14.8 Å². The van der Waals surface area contributed by atoms with E-state index in [4.69, 9.17) is 0 Å². The van der Waals surface area contributed by atoms with Gasteiger partial charge >= 0.3 is 0 Å². The van der Waals surface area contributed by atoms with Crippen molar-refractivity contribution >= 4 is 22.4 Å². The van der Waals surface area contributed by atoms with Crippen LogP contribution in [-0.2, 0) is 13.0 Å². The summed E-state index contributed by atoms with van der Waals surface area (Å²) in [5, 5.41) is 8.02. The number of anilines is 1. The average Bonchev–Trinajstić information content (AvgIpc) is 3.21. The Hall–Kier alpha value is -2.47. The lowest BCUT2D eigenvalue weighted by molar-refractivity contribution is 0.102. The van der Waals surface area contributed by atoms with E-state index in [9.17, 15) is 4.79 Å². The minimum Gasteiger partial charge on any atom is -0.298 e. The molecule has 0 radical (unpaired) electrons. The molecule has 0 unspecified atom stereocenters. The van der Waals surface area contributed by atoms with E-state index >= 15 is 0 Å². The molecule has 1 N–H and O–H groups in total. The molecule has 0 saturated heterocycles. The summed E-state index contributed by atoms with van der Waals surface area (Å²) in [5.74, 6) is -0.144. The summed E-state index contributed by atoms with van der Waals surface area (Å²) in [6, 6.07) is 9.57. The zero-order valence-corrected chi connectivity index (χ0v) is 14.9. The number of nitrogens with zero attached hydrogens (tertiary/aromatic N) is 3. The second-order valence-corrected chi connectivity index (χ2v) is 6.57. The number of hydrogen-bond acceptors (Lipinski definition) is 4. The van der Waals surface area contributed by atoms with Crippen molar-refractivity contribution in [1.82, 2.24) is 14.8 Å². The zero-order valence-electron chi connectivity index (χ0n) is 14.0. The molecule has 0 aliphatic carbocycles. The number of aryl methyl sites for hydroxylation is 3. The molecule has 3 aromatic rings. The number of benzene rings is 1. The molecule has 0 bridgehead atoms. The first-order valence-electron chi connectivity index (χ1n) is 8.01. The molecule has 6 heteroatoms. The molecule has 1 amide bonds. The van der Waals surface area contributed by atoms with Gasteiger partial charge in [-0.15, -0.1) is 0 Å². The van der Waals surface area contributed by atoms with Gasteiger partial charge in [-0.25, -0.2) is 4.98 Å². The molecule has 24 heavy (non-hydrogen) atoms. The van der Waals surface area contributed by atoms with Crippen LogP contribution in [0.2, 0.25) is 0 Å². The van der Waals surface area contributed by atoms with Gasteiger partial charge in [0.25, 0.3) is 5.91 Å². The van der Waals surface area contributed by atoms with Gasteiger partial charge in [0, 0.05) is 18.3 Å². The Bertz CT molecular complexity index is 848. The Morgan fingerprint density at radius 1 is 1.25 bits per heavy atom. The van der Waals surface area contributed by atoms with Gasteiger partial charge in [-0.2, -0.15) is 5.10 Å². The first kappa shape index (κ1) is 16.4. The van der Waals surface area contributed by atoms with Crippen LogP contribution in [0.3, 0.4) is 0 Å². The first-order valence-corrected chi connectivity index (χ1v) is 8.83. The highest BCUT2D eigenvalue weighted by Crippen LogP contribution is 2.30. The van der Waals surface area contributed by atoms with Crippen molar-refractivity contribution in [2.24, 2.45) is 0 Å². The normalized spacial score (nSPS) is 10.8. The second kappa shape index (κ2) is 6.97. The number of nitrogens with one attached hydrogen (secondary N) is 1. The van der Waals surface area contributed by atoms with Gasteiger partial charge in [0.15, 0.2) is 5.13 Å². The summed E-state index contributed by atoms with van der Waals surface area (Å²) < 4.78 is 1.97. The average molecular weight is 340 g/mol. The van der Waals surface area contributed by atoms with Crippen LogP contribution in [0.1, 0.15) is 35.5 Å². The van der Waals surface area contributed by atoms with Gasteiger partial charge in [-0.05, 0) is 38.5 Å². The molecule has 0 fully saturated rings. The maximum absolute atomic E-state index is 12.3. The third kappa shape index (κ3) is 3.38. The van der Waals surface area contributed by atoms with Gasteiger partial charge < -0.3 is 0 Å². The molecular formula is C18H20N4OS. The Labute approximate surface area is 145 Å². The number of hydrogen-bond donors (Lipinski definition) is 1. The van der Waals surface area contributed by atoms with E-state index in [-0.39, 0.29) is 5.91 Å². The van der Waals surface area contributed by atoms with Crippen LogP contribution in [0.4, 0.5) is 5.13 Å². The van der Waals surface area contributed by atoms with E-state index in [1.54, 1.807) is 6.20 Å². The second-order valence-electron chi connectivity index (χ2n) is 5.54. The molecule has 0 aliphatic rings. The Morgan fingerprint density at radius 3 is 2.67 bits per heavy atom. The third-order valence-electron chi connectivity index (χ3n) is 3.78. The zero-order chi connectivity index (χ0) is 17.1. The van der Waals surface area contributed by atoms with Crippen molar-refractivity contribution in [3.8, 4) is 10.6 Å². The van der Waals surface area contributed by atoms with Crippen molar-refractivity contribution < 1.29 is 4.79 Å². The molecule has 3 rings (SSSR count). The summed E-state index contributed by atoms with van der Waals surface area (Å²) in [6.07, 6.45) is 2.69. The molecule has 2 heterocycles. The van der Waals surface area contributed by atoms with Gasteiger partial charge in [0.2, 0.25) is 0 Å². The number of rotatable bonds is 5. The van der Waals surface area contributed by atoms with E-state index in [0.717, 1.165) is 34.8 Å². The van der Waals surface area contributed by atoms with Gasteiger partial charge in [0.05, 0.1) is 16.3 Å². The van der Waals surface area contributed by atoms with Crippen molar-refractivity contribution in [3.05, 3.63) is 53.3 Å². The lowest BCUT2D eigenvalue weighted by Gasteiger charge is -2.02. The maximum atomic E-state index is 12.3. The number of amides is 1. The summed E-state index contributed by atoms with van der Waals surface area (Å²) in [5.41, 5.74) is 3.86. The predicted octanol–water partition coefficient (Wildman–Crippen LogP) is 4.15. The van der Waals surface area contributed by atoms with Crippen LogP contribution in [0.25, 0.3) is 10.6 Å². The molecule has 5 nitrogen and oxygen atoms in total. The fourth-order valence-corrected chi connectivity index (χ4v) is 3.24. The predicted molar refractivity (Wildman–Crippen MR) is 97.5 cm³/mol. The van der Waals surface area contributed by atoms with E-state index in [1.165, 1.54) is 11.3 Å².